The lowest BCUT2D eigenvalue weighted by Gasteiger charge is -2.15. The van der Waals surface area contributed by atoms with Crippen LogP contribution in [0.5, 0.6) is 0 Å². The second-order valence-corrected chi connectivity index (χ2v) is 6.08. The first-order valence-electron chi connectivity index (χ1n) is 5.24. The summed E-state index contributed by atoms with van der Waals surface area (Å²) in [4.78, 5) is 0.292. The Kier molecular flexibility index (Phi) is 5.18. The summed E-state index contributed by atoms with van der Waals surface area (Å²) >= 11 is 5.62. The third-order valence-corrected chi connectivity index (χ3v) is 4.43. The lowest BCUT2D eigenvalue weighted by atomic mass is 10.2. The van der Waals surface area contributed by atoms with E-state index in [1.807, 2.05) is 0 Å². The SMILES string of the molecule is C=CCN(C)S(=O)(=O)c1ccc(CCCl)cc1. The second-order valence-electron chi connectivity index (χ2n) is 3.66. The summed E-state index contributed by atoms with van der Waals surface area (Å²) in [7, 11) is -1.87. The van der Waals surface area contributed by atoms with Gasteiger partial charge in [-0.3, -0.25) is 0 Å². The summed E-state index contributed by atoms with van der Waals surface area (Å²) < 4.78 is 25.3. The largest absolute Gasteiger partial charge is 0.243 e. The molecule has 0 aliphatic heterocycles. The molecule has 0 unspecified atom stereocenters. The Morgan fingerprint density at radius 3 is 2.41 bits per heavy atom. The first-order chi connectivity index (χ1) is 8.02. The average molecular weight is 274 g/mol. The third kappa shape index (κ3) is 3.56. The molecule has 3 nitrogen and oxygen atoms in total. The number of aryl methyl sites for hydroxylation is 1. The van der Waals surface area contributed by atoms with E-state index in [0.717, 1.165) is 12.0 Å². The summed E-state index contributed by atoms with van der Waals surface area (Å²) in [5.41, 5.74) is 1.03. The van der Waals surface area contributed by atoms with Gasteiger partial charge in [-0.25, -0.2) is 8.42 Å². The molecule has 0 radical (unpaired) electrons. The first-order valence-corrected chi connectivity index (χ1v) is 7.22. The van der Waals surface area contributed by atoms with Gasteiger partial charge in [0.25, 0.3) is 0 Å². The summed E-state index contributed by atoms with van der Waals surface area (Å²) in [5.74, 6) is 0.530. The Morgan fingerprint density at radius 2 is 1.94 bits per heavy atom. The molecule has 0 aliphatic carbocycles. The maximum absolute atomic E-state index is 12.0. The van der Waals surface area contributed by atoms with Crippen LogP contribution in [0, 0.1) is 0 Å². The molecule has 0 bridgehead atoms. The molecular weight excluding hydrogens is 258 g/mol. The van der Waals surface area contributed by atoms with Gasteiger partial charge in [-0.1, -0.05) is 18.2 Å². The topological polar surface area (TPSA) is 37.4 Å². The van der Waals surface area contributed by atoms with E-state index in [2.05, 4.69) is 6.58 Å². The van der Waals surface area contributed by atoms with Crippen LogP contribution in [0.15, 0.2) is 41.8 Å². The molecule has 0 saturated carbocycles. The van der Waals surface area contributed by atoms with Gasteiger partial charge in [0.2, 0.25) is 10.0 Å². The Balaban J connectivity index is 2.95. The molecule has 0 spiro atoms. The van der Waals surface area contributed by atoms with Gasteiger partial charge in [0.1, 0.15) is 0 Å². The van der Waals surface area contributed by atoms with Crippen LogP contribution in [0.1, 0.15) is 5.56 Å². The molecule has 0 fully saturated rings. The standard InChI is InChI=1S/C12H16ClNO2S/c1-3-10-14(2)17(15,16)12-6-4-11(5-7-12)8-9-13/h3-7H,1,8-10H2,2H3. The molecule has 0 aromatic heterocycles. The molecule has 1 aromatic rings. The van der Waals surface area contributed by atoms with E-state index < -0.39 is 10.0 Å². The summed E-state index contributed by atoms with van der Waals surface area (Å²) in [6, 6.07) is 6.79. The van der Waals surface area contributed by atoms with E-state index in [1.165, 1.54) is 11.4 Å². The van der Waals surface area contributed by atoms with E-state index in [-0.39, 0.29) is 0 Å². The number of hydrogen-bond donors (Lipinski definition) is 0. The highest BCUT2D eigenvalue weighted by atomic mass is 35.5. The van der Waals surface area contributed by atoms with Gasteiger partial charge in [-0.15, -0.1) is 18.2 Å². The van der Waals surface area contributed by atoms with E-state index in [0.29, 0.717) is 17.3 Å². The van der Waals surface area contributed by atoms with Crippen molar-refractivity contribution in [3.63, 3.8) is 0 Å². The molecule has 5 heteroatoms. The van der Waals surface area contributed by atoms with Gasteiger partial charge in [0, 0.05) is 19.5 Å². The molecule has 1 aromatic carbocycles. The number of alkyl halides is 1. The normalized spacial score (nSPS) is 11.7. The predicted molar refractivity (Wildman–Crippen MR) is 70.9 cm³/mol. The molecular formula is C12H16ClNO2S. The van der Waals surface area contributed by atoms with Gasteiger partial charge in [-0.05, 0) is 24.1 Å². The fraction of sp³-hybridized carbons (Fsp3) is 0.333. The highest BCUT2D eigenvalue weighted by Gasteiger charge is 2.18. The molecule has 0 heterocycles. The van der Waals surface area contributed by atoms with Crippen molar-refractivity contribution in [3.05, 3.63) is 42.5 Å². The van der Waals surface area contributed by atoms with Gasteiger partial charge >= 0.3 is 0 Å². The molecule has 0 saturated heterocycles. The Morgan fingerprint density at radius 1 is 1.35 bits per heavy atom. The highest BCUT2D eigenvalue weighted by molar-refractivity contribution is 7.89. The molecule has 0 aliphatic rings. The number of rotatable bonds is 6. The van der Waals surface area contributed by atoms with Gasteiger partial charge in [0.05, 0.1) is 4.90 Å². The smallest absolute Gasteiger partial charge is 0.207 e. The fourth-order valence-corrected chi connectivity index (χ4v) is 2.76. The first kappa shape index (κ1) is 14.2. The quantitative estimate of drug-likeness (QED) is 0.589. The number of halogens is 1. The lowest BCUT2D eigenvalue weighted by Crippen LogP contribution is -2.26. The Hall–Kier alpha value is -0.840. The van der Waals surface area contributed by atoms with Crippen molar-refractivity contribution < 1.29 is 8.42 Å². The fourth-order valence-electron chi connectivity index (χ4n) is 1.40. The Bertz CT molecular complexity index is 468. The zero-order chi connectivity index (χ0) is 12.9. The third-order valence-electron chi connectivity index (χ3n) is 2.40. The van der Waals surface area contributed by atoms with Crippen molar-refractivity contribution in [1.82, 2.24) is 4.31 Å². The van der Waals surface area contributed by atoms with Crippen molar-refractivity contribution in [2.45, 2.75) is 11.3 Å². The zero-order valence-electron chi connectivity index (χ0n) is 9.77. The molecule has 94 valence electrons. The highest BCUT2D eigenvalue weighted by Crippen LogP contribution is 2.15. The van der Waals surface area contributed by atoms with Gasteiger partial charge in [0.15, 0.2) is 0 Å². The van der Waals surface area contributed by atoms with Crippen LogP contribution < -0.4 is 0 Å². The van der Waals surface area contributed by atoms with E-state index in [9.17, 15) is 8.42 Å². The number of benzene rings is 1. The maximum atomic E-state index is 12.0. The molecule has 1 rings (SSSR count). The van der Waals surface area contributed by atoms with Crippen LogP contribution >= 0.6 is 11.6 Å². The maximum Gasteiger partial charge on any atom is 0.243 e. The van der Waals surface area contributed by atoms with E-state index in [1.54, 1.807) is 30.3 Å². The van der Waals surface area contributed by atoms with Crippen molar-refractivity contribution in [3.8, 4) is 0 Å². The zero-order valence-corrected chi connectivity index (χ0v) is 11.3. The van der Waals surface area contributed by atoms with Crippen molar-refractivity contribution in [2.75, 3.05) is 19.5 Å². The van der Waals surface area contributed by atoms with Crippen LogP contribution in [0.25, 0.3) is 0 Å². The summed E-state index contributed by atoms with van der Waals surface area (Å²) in [6.45, 7) is 3.82. The summed E-state index contributed by atoms with van der Waals surface area (Å²) in [5, 5.41) is 0. The molecule has 0 atom stereocenters. The number of nitrogens with zero attached hydrogens (tertiary/aromatic N) is 1. The number of sulfonamides is 1. The van der Waals surface area contributed by atoms with Gasteiger partial charge < -0.3 is 0 Å². The van der Waals surface area contributed by atoms with Crippen molar-refractivity contribution in [1.29, 1.82) is 0 Å². The Labute approximate surface area is 108 Å². The van der Waals surface area contributed by atoms with E-state index in [4.69, 9.17) is 11.6 Å². The molecule has 0 N–H and O–H groups in total. The number of likely N-dealkylation sites (N-methyl/N-ethyl adjacent to an activating group) is 1. The van der Waals surface area contributed by atoms with Crippen molar-refractivity contribution >= 4 is 21.6 Å². The van der Waals surface area contributed by atoms with Gasteiger partial charge in [-0.2, -0.15) is 4.31 Å². The molecule has 17 heavy (non-hydrogen) atoms. The second kappa shape index (κ2) is 6.19. The van der Waals surface area contributed by atoms with Crippen LogP contribution in [-0.4, -0.2) is 32.2 Å². The van der Waals surface area contributed by atoms with Crippen LogP contribution in [0.2, 0.25) is 0 Å². The minimum absolute atomic E-state index is 0.292. The van der Waals surface area contributed by atoms with Crippen LogP contribution in [0.3, 0.4) is 0 Å². The molecule has 0 amide bonds. The predicted octanol–water partition coefficient (Wildman–Crippen LogP) is 2.27. The number of hydrogen-bond acceptors (Lipinski definition) is 2. The summed E-state index contributed by atoms with van der Waals surface area (Å²) in [6.07, 6.45) is 2.30. The van der Waals surface area contributed by atoms with Crippen LogP contribution in [-0.2, 0) is 16.4 Å². The lowest BCUT2D eigenvalue weighted by molar-refractivity contribution is 0.499. The van der Waals surface area contributed by atoms with E-state index >= 15 is 0 Å². The minimum atomic E-state index is -3.40. The van der Waals surface area contributed by atoms with Crippen molar-refractivity contribution in [2.24, 2.45) is 0 Å². The van der Waals surface area contributed by atoms with Crippen LogP contribution in [0.4, 0.5) is 0 Å². The monoisotopic (exact) mass is 273 g/mol. The average Bonchev–Trinajstić information content (AvgIpc) is 2.30. The minimum Gasteiger partial charge on any atom is -0.207 e.